The summed E-state index contributed by atoms with van der Waals surface area (Å²) >= 11 is 15.4. The van der Waals surface area contributed by atoms with E-state index in [0.29, 0.717) is 21.7 Å². The van der Waals surface area contributed by atoms with Crippen molar-refractivity contribution in [3.8, 4) is 11.3 Å². The molecule has 0 spiro atoms. The van der Waals surface area contributed by atoms with E-state index in [4.69, 9.17) is 28.9 Å². The van der Waals surface area contributed by atoms with Crippen molar-refractivity contribution in [2.75, 3.05) is 5.73 Å². The lowest BCUT2D eigenvalue weighted by Gasteiger charge is -2.02. The second-order valence-corrected chi connectivity index (χ2v) is 4.89. The van der Waals surface area contributed by atoms with Gasteiger partial charge in [0.1, 0.15) is 10.3 Å². The Bertz CT molecular complexity index is 551. The first-order chi connectivity index (χ1) is 7.50. The van der Waals surface area contributed by atoms with Gasteiger partial charge in [0, 0.05) is 17.6 Å². The average molecular weight is 321 g/mol. The van der Waals surface area contributed by atoms with Crippen LogP contribution in [0, 0.1) is 0 Å². The average Bonchev–Trinajstić information content (AvgIpc) is 2.46. The summed E-state index contributed by atoms with van der Waals surface area (Å²) in [5.41, 5.74) is 7.22. The van der Waals surface area contributed by atoms with Crippen molar-refractivity contribution in [2.45, 2.75) is 0 Å². The molecule has 2 aromatic rings. The van der Waals surface area contributed by atoms with E-state index in [2.05, 4.69) is 20.9 Å². The summed E-state index contributed by atoms with van der Waals surface area (Å²) in [6, 6.07) is 5.26. The number of hydrogen-bond acceptors (Lipinski definition) is 2. The van der Waals surface area contributed by atoms with Crippen LogP contribution in [0.5, 0.6) is 0 Å². The van der Waals surface area contributed by atoms with Gasteiger partial charge in [-0.05, 0) is 34.1 Å². The van der Waals surface area contributed by atoms with Gasteiger partial charge in [0.2, 0.25) is 5.95 Å². The maximum Gasteiger partial charge on any atom is 0.201 e. The number of benzene rings is 1. The van der Waals surface area contributed by atoms with Crippen molar-refractivity contribution in [1.29, 1.82) is 0 Å². The van der Waals surface area contributed by atoms with Crippen LogP contribution in [0.25, 0.3) is 11.3 Å². The maximum absolute atomic E-state index is 6.10. The molecule has 0 unspecified atom stereocenters. The Kier molecular flexibility index (Phi) is 3.15. The first-order valence-electron chi connectivity index (χ1n) is 4.44. The molecule has 0 bridgehead atoms. The fourth-order valence-corrected chi connectivity index (χ4v) is 2.33. The SMILES string of the molecule is Cn1c(N)nc(-c2ccc(Cl)cc2Cl)c1Br. The molecule has 2 N–H and O–H groups in total. The summed E-state index contributed by atoms with van der Waals surface area (Å²) in [5.74, 6) is 0.424. The molecule has 1 heterocycles. The van der Waals surface area contributed by atoms with E-state index in [0.717, 1.165) is 10.2 Å². The van der Waals surface area contributed by atoms with E-state index in [1.807, 2.05) is 13.1 Å². The summed E-state index contributed by atoms with van der Waals surface area (Å²) in [4.78, 5) is 4.24. The Morgan fingerprint density at radius 3 is 2.56 bits per heavy atom. The molecule has 0 aliphatic carbocycles. The molecular weight excluding hydrogens is 313 g/mol. The third-order valence-corrected chi connectivity index (χ3v) is 3.70. The van der Waals surface area contributed by atoms with Gasteiger partial charge in [-0.2, -0.15) is 0 Å². The second-order valence-electron chi connectivity index (χ2n) is 3.29. The van der Waals surface area contributed by atoms with E-state index in [1.54, 1.807) is 16.7 Å². The Hall–Kier alpha value is -0.710. The molecule has 16 heavy (non-hydrogen) atoms. The van der Waals surface area contributed by atoms with Gasteiger partial charge >= 0.3 is 0 Å². The number of nitrogens with two attached hydrogens (primary N) is 1. The molecular formula is C10H8BrCl2N3. The highest BCUT2D eigenvalue weighted by Crippen LogP contribution is 2.34. The van der Waals surface area contributed by atoms with E-state index in [9.17, 15) is 0 Å². The van der Waals surface area contributed by atoms with Crippen LogP contribution in [0.3, 0.4) is 0 Å². The molecule has 6 heteroatoms. The van der Waals surface area contributed by atoms with Gasteiger partial charge in [-0.1, -0.05) is 23.2 Å². The smallest absolute Gasteiger partial charge is 0.201 e. The summed E-state index contributed by atoms with van der Waals surface area (Å²) in [5, 5.41) is 1.14. The van der Waals surface area contributed by atoms with Crippen LogP contribution in [0.4, 0.5) is 5.95 Å². The predicted molar refractivity (Wildman–Crippen MR) is 70.8 cm³/mol. The fourth-order valence-electron chi connectivity index (χ4n) is 1.35. The first kappa shape index (κ1) is 11.8. The van der Waals surface area contributed by atoms with Gasteiger partial charge in [-0.25, -0.2) is 4.98 Å². The van der Waals surface area contributed by atoms with E-state index in [1.165, 1.54) is 0 Å². The van der Waals surface area contributed by atoms with Gasteiger partial charge in [-0.15, -0.1) is 0 Å². The number of hydrogen-bond donors (Lipinski definition) is 1. The van der Waals surface area contributed by atoms with Crippen molar-refractivity contribution >= 4 is 45.1 Å². The van der Waals surface area contributed by atoms with Gasteiger partial charge in [-0.3, -0.25) is 0 Å². The quantitative estimate of drug-likeness (QED) is 0.870. The molecule has 3 nitrogen and oxygen atoms in total. The van der Waals surface area contributed by atoms with Crippen LogP contribution in [0.1, 0.15) is 0 Å². The highest BCUT2D eigenvalue weighted by atomic mass is 79.9. The third-order valence-electron chi connectivity index (χ3n) is 2.25. The highest BCUT2D eigenvalue weighted by Gasteiger charge is 2.14. The van der Waals surface area contributed by atoms with E-state index < -0.39 is 0 Å². The van der Waals surface area contributed by atoms with Gasteiger partial charge in [0.05, 0.1) is 5.02 Å². The Morgan fingerprint density at radius 2 is 2.06 bits per heavy atom. The molecule has 1 aromatic heterocycles. The number of anilines is 1. The van der Waals surface area contributed by atoms with Crippen LogP contribution in [-0.4, -0.2) is 9.55 Å². The minimum Gasteiger partial charge on any atom is -0.369 e. The molecule has 0 atom stereocenters. The lowest BCUT2D eigenvalue weighted by atomic mass is 10.2. The van der Waals surface area contributed by atoms with Crippen molar-refractivity contribution in [3.05, 3.63) is 32.8 Å². The zero-order valence-corrected chi connectivity index (χ0v) is 11.4. The van der Waals surface area contributed by atoms with Crippen LogP contribution < -0.4 is 5.73 Å². The van der Waals surface area contributed by atoms with Gasteiger partial charge in [0.15, 0.2) is 0 Å². The topological polar surface area (TPSA) is 43.8 Å². The number of rotatable bonds is 1. The number of aromatic nitrogens is 2. The zero-order chi connectivity index (χ0) is 11.9. The molecule has 0 saturated heterocycles. The van der Waals surface area contributed by atoms with Crippen molar-refractivity contribution in [2.24, 2.45) is 7.05 Å². The molecule has 0 aliphatic heterocycles. The minimum absolute atomic E-state index is 0.424. The lowest BCUT2D eigenvalue weighted by Crippen LogP contribution is -1.96. The molecule has 0 saturated carbocycles. The van der Waals surface area contributed by atoms with Crippen molar-refractivity contribution in [1.82, 2.24) is 9.55 Å². The van der Waals surface area contributed by atoms with E-state index in [-0.39, 0.29) is 0 Å². The van der Waals surface area contributed by atoms with Crippen molar-refractivity contribution < 1.29 is 0 Å². The number of nitrogen functional groups attached to an aromatic ring is 1. The monoisotopic (exact) mass is 319 g/mol. The molecule has 0 aliphatic rings. The van der Waals surface area contributed by atoms with Crippen LogP contribution in [-0.2, 0) is 7.05 Å². The molecule has 1 aromatic carbocycles. The number of halogens is 3. The van der Waals surface area contributed by atoms with Crippen molar-refractivity contribution in [3.63, 3.8) is 0 Å². The Morgan fingerprint density at radius 1 is 1.38 bits per heavy atom. The summed E-state index contributed by atoms with van der Waals surface area (Å²) in [7, 11) is 1.82. The Balaban J connectivity index is 2.63. The highest BCUT2D eigenvalue weighted by molar-refractivity contribution is 9.10. The summed E-state index contributed by atoms with van der Waals surface area (Å²) in [6.07, 6.45) is 0. The molecule has 2 rings (SSSR count). The van der Waals surface area contributed by atoms with Gasteiger partial charge < -0.3 is 10.3 Å². The molecule has 84 valence electrons. The number of imidazole rings is 1. The fraction of sp³-hybridized carbons (Fsp3) is 0.100. The summed E-state index contributed by atoms with van der Waals surface area (Å²) in [6.45, 7) is 0. The molecule has 0 amide bonds. The number of nitrogens with zero attached hydrogens (tertiary/aromatic N) is 2. The predicted octanol–water partition coefficient (Wildman–Crippen LogP) is 3.74. The van der Waals surface area contributed by atoms with E-state index >= 15 is 0 Å². The third kappa shape index (κ3) is 1.93. The Labute approximate surface area is 111 Å². The normalized spacial score (nSPS) is 10.8. The zero-order valence-electron chi connectivity index (χ0n) is 8.34. The maximum atomic E-state index is 6.10. The largest absolute Gasteiger partial charge is 0.369 e. The molecule has 0 radical (unpaired) electrons. The second kappa shape index (κ2) is 4.28. The van der Waals surface area contributed by atoms with Gasteiger partial charge in [0.25, 0.3) is 0 Å². The molecule has 0 fully saturated rings. The first-order valence-corrected chi connectivity index (χ1v) is 5.98. The van der Waals surface area contributed by atoms with Crippen LogP contribution in [0.2, 0.25) is 10.0 Å². The van der Waals surface area contributed by atoms with Crippen LogP contribution in [0.15, 0.2) is 22.8 Å². The lowest BCUT2D eigenvalue weighted by molar-refractivity contribution is 0.907. The standard InChI is InChI=1S/C10H8BrCl2N3/c1-16-9(11)8(15-10(16)14)6-3-2-5(12)4-7(6)13/h2-4H,1H3,(H2,14,15). The minimum atomic E-state index is 0.424. The van der Waals surface area contributed by atoms with Crippen LogP contribution >= 0.6 is 39.1 Å². The summed E-state index contributed by atoms with van der Waals surface area (Å²) < 4.78 is 2.52.